The van der Waals surface area contributed by atoms with Gasteiger partial charge < -0.3 is 10.1 Å². The van der Waals surface area contributed by atoms with Gasteiger partial charge in [0.05, 0.1) is 5.02 Å². The first kappa shape index (κ1) is 21.1. The number of rotatable bonds is 6. The maximum absolute atomic E-state index is 6.41. The first-order chi connectivity index (χ1) is 13.3. The molecule has 0 atom stereocenters. The first-order valence-corrected chi connectivity index (χ1v) is 10.2. The van der Waals surface area contributed by atoms with Crippen molar-refractivity contribution in [3.8, 4) is 5.75 Å². The smallest absolute Gasteiger partial charge is 0.143 e. The van der Waals surface area contributed by atoms with E-state index < -0.39 is 0 Å². The summed E-state index contributed by atoms with van der Waals surface area (Å²) in [6.07, 6.45) is 0. The average Bonchev–Trinajstić information content (AvgIpc) is 2.63. The highest BCUT2D eigenvalue weighted by Gasteiger charge is 2.13. The van der Waals surface area contributed by atoms with Crippen LogP contribution in [0.15, 0.2) is 48.5 Å². The minimum Gasteiger partial charge on any atom is -0.487 e. The second-order valence-corrected chi connectivity index (χ2v) is 8.19. The molecule has 1 N–H and O–H groups in total. The maximum Gasteiger partial charge on any atom is 0.143 e. The Morgan fingerprint density at radius 3 is 2.32 bits per heavy atom. The van der Waals surface area contributed by atoms with Gasteiger partial charge in [0.1, 0.15) is 12.4 Å². The van der Waals surface area contributed by atoms with E-state index in [9.17, 15) is 0 Å². The highest BCUT2D eigenvalue weighted by atomic mass is 35.5. The molecule has 0 amide bonds. The Morgan fingerprint density at radius 2 is 1.57 bits per heavy atom. The van der Waals surface area contributed by atoms with Crippen molar-refractivity contribution in [3.63, 3.8) is 0 Å². The summed E-state index contributed by atoms with van der Waals surface area (Å²) in [5.74, 6) is 0.579. The molecule has 6 heteroatoms. The Kier molecular flexibility index (Phi) is 7.00. The van der Waals surface area contributed by atoms with Crippen molar-refractivity contribution in [2.24, 2.45) is 0 Å². The monoisotopic (exact) mass is 453 g/mol. The summed E-state index contributed by atoms with van der Waals surface area (Å²) in [7, 11) is 0. The standard InChI is InChI=1S/C22H19Cl4NO/c1-13-4-3-5-21(14(13)2)27-11-16-8-18(24)10-20(26)22(16)28-12-15-6-7-17(23)9-19(15)25/h3-10,27H,11-12H2,1-2H3. The molecule has 146 valence electrons. The molecule has 28 heavy (non-hydrogen) atoms. The van der Waals surface area contributed by atoms with Crippen LogP contribution < -0.4 is 10.1 Å². The van der Waals surface area contributed by atoms with Crippen molar-refractivity contribution in [2.75, 3.05) is 5.32 Å². The summed E-state index contributed by atoms with van der Waals surface area (Å²) < 4.78 is 6.01. The van der Waals surface area contributed by atoms with E-state index in [4.69, 9.17) is 51.1 Å². The Hall–Kier alpha value is -1.58. The molecule has 0 aliphatic carbocycles. The van der Waals surface area contributed by atoms with Gasteiger partial charge in [-0.1, -0.05) is 64.6 Å². The number of benzene rings is 3. The van der Waals surface area contributed by atoms with Crippen LogP contribution in [0.5, 0.6) is 5.75 Å². The van der Waals surface area contributed by atoms with E-state index in [1.165, 1.54) is 11.1 Å². The lowest BCUT2D eigenvalue weighted by molar-refractivity contribution is 0.303. The van der Waals surface area contributed by atoms with Gasteiger partial charge in [-0.2, -0.15) is 0 Å². The molecule has 2 nitrogen and oxygen atoms in total. The lowest BCUT2D eigenvalue weighted by atomic mass is 10.1. The lowest BCUT2D eigenvalue weighted by Gasteiger charge is -2.17. The highest BCUT2D eigenvalue weighted by molar-refractivity contribution is 6.36. The van der Waals surface area contributed by atoms with Crippen molar-refractivity contribution in [1.82, 2.24) is 0 Å². The molecule has 0 spiro atoms. The van der Waals surface area contributed by atoms with Crippen molar-refractivity contribution in [3.05, 3.63) is 90.9 Å². The van der Waals surface area contributed by atoms with E-state index in [1.54, 1.807) is 18.2 Å². The highest BCUT2D eigenvalue weighted by Crippen LogP contribution is 2.34. The molecule has 0 saturated heterocycles. The van der Waals surface area contributed by atoms with Crippen LogP contribution in [0.1, 0.15) is 22.3 Å². The van der Waals surface area contributed by atoms with Crippen LogP contribution in [0, 0.1) is 13.8 Å². The van der Waals surface area contributed by atoms with Crippen molar-refractivity contribution in [1.29, 1.82) is 0 Å². The van der Waals surface area contributed by atoms with E-state index in [0.29, 0.717) is 32.4 Å². The minimum atomic E-state index is 0.272. The molecule has 3 aromatic rings. The first-order valence-electron chi connectivity index (χ1n) is 8.70. The molecule has 0 aliphatic rings. The van der Waals surface area contributed by atoms with Gasteiger partial charge in [0.2, 0.25) is 0 Å². The number of aryl methyl sites for hydroxylation is 1. The van der Waals surface area contributed by atoms with Crippen LogP contribution in [0.3, 0.4) is 0 Å². The Morgan fingerprint density at radius 1 is 0.821 bits per heavy atom. The maximum atomic E-state index is 6.41. The molecule has 0 radical (unpaired) electrons. The topological polar surface area (TPSA) is 21.3 Å². The van der Waals surface area contributed by atoms with Gasteiger partial charge in [-0.25, -0.2) is 0 Å². The van der Waals surface area contributed by atoms with Crippen LogP contribution >= 0.6 is 46.4 Å². The second-order valence-electron chi connectivity index (χ2n) is 6.50. The fraction of sp³-hybridized carbons (Fsp3) is 0.182. The van der Waals surface area contributed by atoms with Crippen molar-refractivity contribution >= 4 is 52.1 Å². The molecule has 0 unspecified atom stereocenters. The van der Waals surface area contributed by atoms with Gasteiger partial charge in [-0.15, -0.1) is 0 Å². The van der Waals surface area contributed by atoms with Gasteiger partial charge in [0.25, 0.3) is 0 Å². The van der Waals surface area contributed by atoms with Crippen LogP contribution in [-0.2, 0) is 13.2 Å². The largest absolute Gasteiger partial charge is 0.487 e. The van der Waals surface area contributed by atoms with Gasteiger partial charge in [-0.3, -0.25) is 0 Å². The van der Waals surface area contributed by atoms with Crippen LogP contribution in [0.25, 0.3) is 0 Å². The molecular weight excluding hydrogens is 436 g/mol. The summed E-state index contributed by atoms with van der Waals surface area (Å²) in [5.41, 5.74) is 5.17. The van der Waals surface area contributed by atoms with Gasteiger partial charge in [0, 0.05) is 38.4 Å². The van der Waals surface area contributed by atoms with Gasteiger partial charge >= 0.3 is 0 Å². The number of hydrogen-bond donors (Lipinski definition) is 1. The molecule has 3 rings (SSSR count). The molecule has 0 aromatic heterocycles. The predicted molar refractivity (Wildman–Crippen MR) is 120 cm³/mol. The molecular formula is C22H19Cl4NO. The molecule has 0 aliphatic heterocycles. The fourth-order valence-electron chi connectivity index (χ4n) is 2.83. The third-order valence-corrected chi connectivity index (χ3v) is 5.63. The summed E-state index contributed by atoms with van der Waals surface area (Å²) in [6, 6.07) is 15.0. The quantitative estimate of drug-likeness (QED) is 0.406. The van der Waals surface area contributed by atoms with Gasteiger partial charge in [-0.05, 0) is 55.3 Å². The second kappa shape index (κ2) is 9.28. The summed E-state index contributed by atoms with van der Waals surface area (Å²) in [6.45, 7) is 4.96. The Labute approximate surface area is 185 Å². The molecule has 0 heterocycles. The zero-order chi connectivity index (χ0) is 20.3. The summed E-state index contributed by atoms with van der Waals surface area (Å²) >= 11 is 24.8. The zero-order valence-corrected chi connectivity index (χ0v) is 18.5. The third-order valence-electron chi connectivity index (χ3n) is 4.55. The number of hydrogen-bond acceptors (Lipinski definition) is 2. The SMILES string of the molecule is Cc1cccc(NCc2cc(Cl)cc(Cl)c2OCc2ccc(Cl)cc2Cl)c1C. The van der Waals surface area contributed by atoms with Crippen molar-refractivity contribution in [2.45, 2.75) is 27.0 Å². The summed E-state index contributed by atoms with van der Waals surface area (Å²) in [4.78, 5) is 0. The number of nitrogens with one attached hydrogen (secondary N) is 1. The average molecular weight is 455 g/mol. The van der Waals surface area contributed by atoms with Crippen LogP contribution in [-0.4, -0.2) is 0 Å². The Bertz CT molecular complexity index is 1000. The minimum absolute atomic E-state index is 0.272. The van der Waals surface area contributed by atoms with Crippen LogP contribution in [0.2, 0.25) is 20.1 Å². The molecule has 0 fully saturated rings. The van der Waals surface area contributed by atoms with Crippen molar-refractivity contribution < 1.29 is 4.74 Å². The third kappa shape index (κ3) is 5.07. The van der Waals surface area contributed by atoms with E-state index in [1.807, 2.05) is 24.3 Å². The number of ether oxygens (including phenoxy) is 1. The predicted octanol–water partition coefficient (Wildman–Crippen LogP) is 8.11. The Balaban J connectivity index is 1.82. The zero-order valence-electron chi connectivity index (χ0n) is 15.5. The number of halogens is 4. The van der Waals surface area contributed by atoms with E-state index in [0.717, 1.165) is 16.8 Å². The summed E-state index contributed by atoms with van der Waals surface area (Å²) in [5, 5.41) is 5.58. The number of anilines is 1. The van der Waals surface area contributed by atoms with E-state index in [-0.39, 0.29) is 6.61 Å². The van der Waals surface area contributed by atoms with Gasteiger partial charge in [0.15, 0.2) is 0 Å². The van der Waals surface area contributed by atoms with Crippen LogP contribution in [0.4, 0.5) is 5.69 Å². The van der Waals surface area contributed by atoms with E-state index in [2.05, 4.69) is 25.2 Å². The fourth-order valence-corrected chi connectivity index (χ4v) is 3.88. The molecule has 0 bridgehead atoms. The molecule has 3 aromatic carbocycles. The molecule has 0 saturated carbocycles. The lowest BCUT2D eigenvalue weighted by Crippen LogP contribution is -2.06. The van der Waals surface area contributed by atoms with E-state index >= 15 is 0 Å². The normalized spacial score (nSPS) is 10.8.